The van der Waals surface area contributed by atoms with E-state index in [1.165, 1.54) is 37.4 Å². The molecule has 42 heavy (non-hydrogen) atoms. The van der Waals surface area contributed by atoms with Gasteiger partial charge in [-0.05, 0) is 59.7 Å². The second-order valence-corrected chi connectivity index (χ2v) is 10.1. The second kappa shape index (κ2) is 10.6. The van der Waals surface area contributed by atoms with Crippen LogP contribution >= 0.6 is 11.6 Å². The van der Waals surface area contributed by atoms with Crippen molar-refractivity contribution in [2.45, 2.75) is 18.8 Å². The molecule has 1 atom stereocenters. The molecule has 0 N–H and O–H groups in total. The first-order chi connectivity index (χ1) is 20.2. The number of fused-ring (bicyclic) bond motifs is 2. The van der Waals surface area contributed by atoms with Crippen LogP contribution in [0.15, 0.2) is 100 Å². The molecule has 1 aliphatic rings. The Kier molecular flexibility index (Phi) is 6.90. The van der Waals surface area contributed by atoms with Crippen LogP contribution in [-0.2, 0) is 12.8 Å². The zero-order chi connectivity index (χ0) is 29.6. The summed E-state index contributed by atoms with van der Waals surface area (Å²) in [6.07, 6.45) is -4.65. The molecule has 4 aromatic carbocycles. The first kappa shape index (κ1) is 27.4. The summed E-state index contributed by atoms with van der Waals surface area (Å²) in [6.45, 7) is 0.258. The molecule has 0 saturated carbocycles. The summed E-state index contributed by atoms with van der Waals surface area (Å²) in [4.78, 5) is 28.8. The number of halogens is 4. The monoisotopic (exact) mass is 591 g/mol. The number of hydrogen-bond acceptors (Lipinski definition) is 5. The molecule has 0 saturated heterocycles. The summed E-state index contributed by atoms with van der Waals surface area (Å²) in [5.74, 6) is -0.314. The lowest BCUT2D eigenvalue weighted by Crippen LogP contribution is -2.29. The van der Waals surface area contributed by atoms with E-state index < -0.39 is 29.1 Å². The van der Waals surface area contributed by atoms with Gasteiger partial charge in [0, 0.05) is 10.7 Å². The highest BCUT2D eigenvalue weighted by molar-refractivity contribution is 6.31. The Morgan fingerprint density at radius 2 is 1.69 bits per heavy atom. The highest BCUT2D eigenvalue weighted by atomic mass is 35.5. The predicted octanol–water partition coefficient (Wildman–Crippen LogP) is 7.80. The second-order valence-electron chi connectivity index (χ2n) is 9.62. The van der Waals surface area contributed by atoms with Crippen molar-refractivity contribution in [1.82, 2.24) is 0 Å². The van der Waals surface area contributed by atoms with Gasteiger partial charge in [0.15, 0.2) is 16.9 Å². The normalized spacial score (nSPS) is 14.7. The molecule has 0 spiro atoms. The molecule has 1 aromatic heterocycles. The molecule has 0 radical (unpaired) electrons. The maximum atomic E-state index is 13.9. The number of ether oxygens (including phenoxy) is 2. The number of carbonyl (C=O) groups is 1. The molecule has 5 aromatic rings. The van der Waals surface area contributed by atoms with Gasteiger partial charge in [-0.25, -0.2) is 0 Å². The van der Waals surface area contributed by atoms with Crippen LogP contribution in [0.25, 0.3) is 11.0 Å². The van der Waals surface area contributed by atoms with Gasteiger partial charge in [0.05, 0.1) is 29.7 Å². The molecule has 0 fully saturated rings. The van der Waals surface area contributed by atoms with Crippen molar-refractivity contribution in [3.63, 3.8) is 0 Å². The molecule has 1 aliphatic heterocycles. The van der Waals surface area contributed by atoms with Crippen molar-refractivity contribution >= 4 is 34.2 Å². The molecular formula is C32H21ClF3NO5. The van der Waals surface area contributed by atoms with Gasteiger partial charge in [-0.3, -0.25) is 14.5 Å². The minimum absolute atomic E-state index is 0.0211. The SMILES string of the molecule is COc1cc(C2c3c(oc4ccc(Cl)cc4c3=O)C(=O)N2c2cccc(C(F)(F)F)c2)ccc1OCc1ccccc1. The summed E-state index contributed by atoms with van der Waals surface area (Å²) in [6, 6.07) is 22.0. The van der Waals surface area contributed by atoms with Crippen LogP contribution in [0.4, 0.5) is 18.9 Å². The third kappa shape index (κ3) is 4.86. The number of rotatable bonds is 6. The maximum Gasteiger partial charge on any atom is 0.416 e. The van der Waals surface area contributed by atoms with Crippen LogP contribution in [0.2, 0.25) is 5.02 Å². The Bertz CT molecular complexity index is 1890. The number of anilines is 1. The number of hydrogen-bond donors (Lipinski definition) is 0. The largest absolute Gasteiger partial charge is 0.493 e. The highest BCUT2D eigenvalue weighted by Gasteiger charge is 2.44. The molecule has 212 valence electrons. The van der Waals surface area contributed by atoms with Gasteiger partial charge in [-0.1, -0.05) is 54.1 Å². The molecule has 6 nitrogen and oxygen atoms in total. The van der Waals surface area contributed by atoms with Crippen molar-refractivity contribution in [1.29, 1.82) is 0 Å². The van der Waals surface area contributed by atoms with E-state index in [-0.39, 0.29) is 39.6 Å². The molecular weight excluding hydrogens is 571 g/mol. The predicted molar refractivity (Wildman–Crippen MR) is 151 cm³/mol. The average molecular weight is 592 g/mol. The summed E-state index contributed by atoms with van der Waals surface area (Å²) in [7, 11) is 1.44. The van der Waals surface area contributed by atoms with E-state index in [9.17, 15) is 22.8 Å². The van der Waals surface area contributed by atoms with Crippen molar-refractivity contribution in [2.75, 3.05) is 12.0 Å². The van der Waals surface area contributed by atoms with E-state index in [1.807, 2.05) is 30.3 Å². The topological polar surface area (TPSA) is 69.0 Å². The quantitative estimate of drug-likeness (QED) is 0.201. The summed E-state index contributed by atoms with van der Waals surface area (Å²) >= 11 is 6.14. The van der Waals surface area contributed by atoms with Crippen LogP contribution < -0.4 is 19.8 Å². The lowest BCUT2D eigenvalue weighted by atomic mass is 9.97. The van der Waals surface area contributed by atoms with Crippen molar-refractivity contribution in [3.05, 3.63) is 134 Å². The molecule has 1 amide bonds. The minimum Gasteiger partial charge on any atom is -0.493 e. The van der Waals surface area contributed by atoms with E-state index >= 15 is 0 Å². The van der Waals surface area contributed by atoms with Gasteiger partial charge in [-0.15, -0.1) is 0 Å². The first-order valence-corrected chi connectivity index (χ1v) is 13.1. The Morgan fingerprint density at radius 1 is 0.905 bits per heavy atom. The van der Waals surface area contributed by atoms with Crippen LogP contribution in [0.5, 0.6) is 11.5 Å². The number of carbonyl (C=O) groups excluding carboxylic acids is 1. The number of amides is 1. The fraction of sp³-hybridized carbons (Fsp3) is 0.125. The van der Waals surface area contributed by atoms with E-state index in [0.717, 1.165) is 22.6 Å². The minimum atomic E-state index is -4.65. The lowest BCUT2D eigenvalue weighted by molar-refractivity contribution is -0.137. The molecule has 0 aliphatic carbocycles. The third-order valence-electron chi connectivity index (χ3n) is 7.02. The number of methoxy groups -OCH3 is 1. The molecule has 10 heteroatoms. The summed E-state index contributed by atoms with van der Waals surface area (Å²) in [5, 5.41) is 0.423. The molecule has 2 heterocycles. The standard InChI is InChI=1S/C32H21ClF3NO5/c1-40-26-14-19(10-12-25(26)41-17-18-6-3-2-4-7-18)28-27-29(38)23-16-21(33)11-13-24(23)42-30(27)31(39)37(28)22-9-5-8-20(15-22)32(34,35)36/h2-16,28H,17H2,1H3. The molecule has 6 rings (SSSR count). The average Bonchev–Trinajstić information content (AvgIpc) is 3.28. The Morgan fingerprint density at radius 3 is 2.43 bits per heavy atom. The van der Waals surface area contributed by atoms with E-state index in [0.29, 0.717) is 17.1 Å². The van der Waals surface area contributed by atoms with Gasteiger partial charge < -0.3 is 13.9 Å². The molecule has 1 unspecified atom stereocenters. The van der Waals surface area contributed by atoms with Gasteiger partial charge >= 0.3 is 6.18 Å². The lowest BCUT2D eigenvalue weighted by Gasteiger charge is -2.26. The third-order valence-corrected chi connectivity index (χ3v) is 7.26. The van der Waals surface area contributed by atoms with Gasteiger partial charge in [0.1, 0.15) is 12.2 Å². The number of alkyl halides is 3. The smallest absolute Gasteiger partial charge is 0.416 e. The fourth-order valence-electron chi connectivity index (χ4n) is 5.07. The van der Waals surface area contributed by atoms with Crippen LogP contribution in [0.1, 0.15) is 38.9 Å². The van der Waals surface area contributed by atoms with Crippen molar-refractivity contribution in [2.24, 2.45) is 0 Å². The van der Waals surface area contributed by atoms with E-state index in [2.05, 4.69) is 0 Å². The van der Waals surface area contributed by atoms with Crippen LogP contribution in [0.3, 0.4) is 0 Å². The van der Waals surface area contributed by atoms with Crippen molar-refractivity contribution in [3.8, 4) is 11.5 Å². The van der Waals surface area contributed by atoms with E-state index in [4.69, 9.17) is 25.5 Å². The summed E-state index contributed by atoms with van der Waals surface area (Å²) < 4.78 is 58.4. The zero-order valence-electron chi connectivity index (χ0n) is 21.9. The van der Waals surface area contributed by atoms with Gasteiger partial charge in [0.2, 0.25) is 5.76 Å². The summed E-state index contributed by atoms with van der Waals surface area (Å²) in [5.41, 5.74) is -0.0903. The fourth-order valence-corrected chi connectivity index (χ4v) is 5.24. The van der Waals surface area contributed by atoms with Gasteiger partial charge in [0.25, 0.3) is 5.91 Å². The highest BCUT2D eigenvalue weighted by Crippen LogP contribution is 2.44. The first-order valence-electron chi connectivity index (χ1n) is 12.8. The number of benzene rings is 4. The zero-order valence-corrected chi connectivity index (χ0v) is 22.7. The van der Waals surface area contributed by atoms with E-state index in [1.54, 1.807) is 18.2 Å². The molecule has 0 bridgehead atoms. The Balaban J connectivity index is 1.51. The number of nitrogens with zero attached hydrogens (tertiary/aromatic N) is 1. The Hall–Kier alpha value is -4.76. The van der Waals surface area contributed by atoms with Crippen LogP contribution in [-0.4, -0.2) is 13.0 Å². The van der Waals surface area contributed by atoms with Crippen molar-refractivity contribution < 1.29 is 31.9 Å². The van der Waals surface area contributed by atoms with Gasteiger partial charge in [-0.2, -0.15) is 13.2 Å². The van der Waals surface area contributed by atoms with Crippen LogP contribution in [0, 0.1) is 0 Å². The maximum absolute atomic E-state index is 13.9. The Labute approximate surface area is 242 Å².